The minimum absolute atomic E-state index is 0.200. The van der Waals surface area contributed by atoms with E-state index in [-0.39, 0.29) is 12.8 Å². The number of halogens is 3. The second-order valence-electron chi connectivity index (χ2n) is 6.46. The lowest BCUT2D eigenvalue weighted by Crippen LogP contribution is -2.47. The maximum absolute atomic E-state index is 13.4. The van der Waals surface area contributed by atoms with E-state index in [0.717, 1.165) is 16.8 Å². The summed E-state index contributed by atoms with van der Waals surface area (Å²) in [5, 5.41) is 0. The Morgan fingerprint density at radius 2 is 1.57 bits per heavy atom. The Bertz CT molecular complexity index is 683. The Morgan fingerprint density at radius 1 is 0.913 bits per heavy atom. The lowest BCUT2D eigenvalue weighted by atomic mass is 9.64. The molecule has 0 saturated heterocycles. The maximum atomic E-state index is 13.4. The van der Waals surface area contributed by atoms with Gasteiger partial charge in [-0.05, 0) is 41.7 Å². The van der Waals surface area contributed by atoms with Gasteiger partial charge in [-0.25, -0.2) is 0 Å². The third-order valence-electron chi connectivity index (χ3n) is 4.88. The highest BCUT2D eigenvalue weighted by Crippen LogP contribution is 2.54. The van der Waals surface area contributed by atoms with Gasteiger partial charge in [-0.15, -0.1) is 0 Å². The van der Waals surface area contributed by atoms with E-state index in [1.54, 1.807) is 24.3 Å². The summed E-state index contributed by atoms with van der Waals surface area (Å²) in [7, 11) is 3.93. The van der Waals surface area contributed by atoms with Gasteiger partial charge in [0.2, 0.25) is 0 Å². The topological polar surface area (TPSA) is 3.24 Å². The second kappa shape index (κ2) is 5.59. The molecule has 1 nitrogen and oxygen atoms in total. The van der Waals surface area contributed by atoms with Crippen molar-refractivity contribution >= 4 is 5.69 Å². The van der Waals surface area contributed by atoms with Crippen molar-refractivity contribution in [2.45, 2.75) is 30.9 Å². The standard InChI is InChI=1S/C19H20F3N/c1-23(2)17-6-3-5-15(13-17)14-7-9-16(10-8-14)18(11-4-12-18)19(20,21)22/h3,5-10,13H,4,11-12H2,1-2H3. The highest BCUT2D eigenvalue weighted by Gasteiger charge is 2.59. The zero-order chi connectivity index (χ0) is 16.7. The molecule has 0 atom stereocenters. The van der Waals surface area contributed by atoms with Gasteiger partial charge >= 0.3 is 6.18 Å². The number of anilines is 1. The summed E-state index contributed by atoms with van der Waals surface area (Å²) in [4.78, 5) is 2.00. The lowest BCUT2D eigenvalue weighted by molar-refractivity contribution is -0.212. The van der Waals surface area contributed by atoms with Gasteiger partial charge in [-0.3, -0.25) is 0 Å². The Kier molecular flexibility index (Phi) is 3.86. The van der Waals surface area contributed by atoms with E-state index >= 15 is 0 Å². The normalized spacial score (nSPS) is 16.7. The van der Waals surface area contributed by atoms with E-state index in [0.29, 0.717) is 12.0 Å². The summed E-state index contributed by atoms with van der Waals surface area (Å²) in [6.07, 6.45) is -3.12. The Hall–Kier alpha value is -1.97. The molecule has 0 N–H and O–H groups in total. The van der Waals surface area contributed by atoms with Crippen LogP contribution in [-0.4, -0.2) is 20.3 Å². The number of hydrogen-bond donors (Lipinski definition) is 0. The molecule has 1 aliphatic carbocycles. The van der Waals surface area contributed by atoms with Crippen LogP contribution in [0.1, 0.15) is 24.8 Å². The molecule has 1 aliphatic rings. The molecule has 3 rings (SSSR count). The van der Waals surface area contributed by atoms with E-state index in [1.165, 1.54) is 0 Å². The molecule has 0 unspecified atom stereocenters. The number of rotatable bonds is 3. The van der Waals surface area contributed by atoms with Crippen LogP contribution in [0.2, 0.25) is 0 Å². The first kappa shape index (κ1) is 15.9. The number of benzene rings is 2. The van der Waals surface area contributed by atoms with Crippen molar-refractivity contribution in [3.63, 3.8) is 0 Å². The largest absolute Gasteiger partial charge is 0.398 e. The van der Waals surface area contributed by atoms with Crippen LogP contribution in [0.4, 0.5) is 18.9 Å². The third kappa shape index (κ3) is 2.71. The molecule has 23 heavy (non-hydrogen) atoms. The van der Waals surface area contributed by atoms with E-state index in [2.05, 4.69) is 0 Å². The molecule has 0 amide bonds. The minimum atomic E-state index is -4.17. The highest BCUT2D eigenvalue weighted by molar-refractivity contribution is 5.68. The summed E-state index contributed by atoms with van der Waals surface area (Å²) >= 11 is 0. The Labute approximate surface area is 134 Å². The smallest absolute Gasteiger partial charge is 0.378 e. The number of nitrogens with zero attached hydrogens (tertiary/aromatic N) is 1. The molecule has 0 aromatic heterocycles. The van der Waals surface area contributed by atoms with Gasteiger partial charge in [0, 0.05) is 19.8 Å². The molecule has 2 aromatic rings. The molecule has 2 aromatic carbocycles. The average molecular weight is 319 g/mol. The molecule has 1 saturated carbocycles. The lowest BCUT2D eigenvalue weighted by Gasteiger charge is -2.43. The second-order valence-corrected chi connectivity index (χ2v) is 6.46. The van der Waals surface area contributed by atoms with Crippen molar-refractivity contribution in [3.8, 4) is 11.1 Å². The monoisotopic (exact) mass is 319 g/mol. The van der Waals surface area contributed by atoms with Gasteiger partial charge < -0.3 is 4.90 Å². The van der Waals surface area contributed by atoms with Crippen LogP contribution in [-0.2, 0) is 5.41 Å². The van der Waals surface area contributed by atoms with Gasteiger partial charge in [0.1, 0.15) is 0 Å². The van der Waals surface area contributed by atoms with E-state index in [4.69, 9.17) is 0 Å². The first-order valence-electron chi connectivity index (χ1n) is 7.78. The number of hydrogen-bond acceptors (Lipinski definition) is 1. The predicted octanol–water partition coefficient (Wildman–Crippen LogP) is 5.40. The van der Waals surface area contributed by atoms with Crippen molar-refractivity contribution < 1.29 is 13.2 Å². The zero-order valence-electron chi connectivity index (χ0n) is 13.3. The summed E-state index contributed by atoms with van der Waals surface area (Å²) in [5.74, 6) is 0. The molecular weight excluding hydrogens is 299 g/mol. The van der Waals surface area contributed by atoms with Gasteiger partial charge in [0.15, 0.2) is 0 Å². The van der Waals surface area contributed by atoms with Gasteiger partial charge in [0.25, 0.3) is 0 Å². The van der Waals surface area contributed by atoms with Gasteiger partial charge in [-0.1, -0.05) is 42.8 Å². The number of alkyl halides is 3. The van der Waals surface area contributed by atoms with Crippen LogP contribution in [0, 0.1) is 0 Å². The van der Waals surface area contributed by atoms with Gasteiger partial charge in [0.05, 0.1) is 5.41 Å². The zero-order valence-corrected chi connectivity index (χ0v) is 13.3. The van der Waals surface area contributed by atoms with Crippen molar-refractivity contribution in [1.29, 1.82) is 0 Å². The summed E-state index contributed by atoms with van der Waals surface area (Å²) in [5.41, 5.74) is 1.78. The molecule has 0 radical (unpaired) electrons. The van der Waals surface area contributed by atoms with Crippen LogP contribution in [0.5, 0.6) is 0 Å². The highest BCUT2D eigenvalue weighted by atomic mass is 19.4. The van der Waals surface area contributed by atoms with Crippen molar-refractivity contribution in [2.24, 2.45) is 0 Å². The third-order valence-corrected chi connectivity index (χ3v) is 4.88. The molecule has 0 heterocycles. The Morgan fingerprint density at radius 3 is 2.04 bits per heavy atom. The fraction of sp³-hybridized carbons (Fsp3) is 0.368. The van der Waals surface area contributed by atoms with Crippen LogP contribution >= 0.6 is 0 Å². The van der Waals surface area contributed by atoms with Crippen molar-refractivity contribution in [1.82, 2.24) is 0 Å². The fourth-order valence-electron chi connectivity index (χ4n) is 3.21. The van der Waals surface area contributed by atoms with Crippen molar-refractivity contribution in [3.05, 3.63) is 54.1 Å². The molecule has 0 spiro atoms. The molecular formula is C19H20F3N. The summed E-state index contributed by atoms with van der Waals surface area (Å²) < 4.78 is 40.2. The summed E-state index contributed by atoms with van der Waals surface area (Å²) in [6, 6.07) is 14.9. The molecule has 0 aliphatic heterocycles. The van der Waals surface area contributed by atoms with Crippen LogP contribution in [0.15, 0.2) is 48.5 Å². The fourth-order valence-corrected chi connectivity index (χ4v) is 3.21. The van der Waals surface area contributed by atoms with Gasteiger partial charge in [-0.2, -0.15) is 13.2 Å². The molecule has 4 heteroatoms. The van der Waals surface area contributed by atoms with E-state index in [1.807, 2.05) is 43.3 Å². The first-order valence-corrected chi connectivity index (χ1v) is 7.78. The SMILES string of the molecule is CN(C)c1cccc(-c2ccc(C3(C(F)(F)F)CCC3)cc2)c1. The Balaban J connectivity index is 1.92. The van der Waals surface area contributed by atoms with Crippen molar-refractivity contribution in [2.75, 3.05) is 19.0 Å². The molecule has 0 bridgehead atoms. The average Bonchev–Trinajstić information content (AvgIpc) is 2.45. The molecule has 122 valence electrons. The maximum Gasteiger partial charge on any atom is 0.398 e. The quantitative estimate of drug-likeness (QED) is 0.732. The van der Waals surface area contributed by atoms with E-state index < -0.39 is 11.6 Å². The summed E-state index contributed by atoms with van der Waals surface area (Å²) in [6.45, 7) is 0. The first-order chi connectivity index (χ1) is 10.8. The van der Waals surface area contributed by atoms with Crippen LogP contribution in [0.3, 0.4) is 0 Å². The van der Waals surface area contributed by atoms with E-state index in [9.17, 15) is 13.2 Å². The molecule has 1 fully saturated rings. The van der Waals surface area contributed by atoms with Crippen LogP contribution in [0.25, 0.3) is 11.1 Å². The predicted molar refractivity (Wildman–Crippen MR) is 87.8 cm³/mol. The van der Waals surface area contributed by atoms with Crippen LogP contribution < -0.4 is 4.90 Å². The minimum Gasteiger partial charge on any atom is -0.378 e.